The lowest BCUT2D eigenvalue weighted by atomic mass is 10.1. The van der Waals surface area contributed by atoms with E-state index >= 15 is 0 Å². The Morgan fingerprint density at radius 1 is 0.944 bits per heavy atom. The second-order valence-corrected chi connectivity index (χ2v) is 8.69. The Hall–Kier alpha value is -4.16. The van der Waals surface area contributed by atoms with Gasteiger partial charge >= 0.3 is 24.0 Å². The van der Waals surface area contributed by atoms with Gasteiger partial charge in [0, 0.05) is 24.1 Å². The van der Waals surface area contributed by atoms with Gasteiger partial charge in [-0.2, -0.15) is 0 Å². The zero-order chi connectivity index (χ0) is 27.5. The second kappa shape index (κ2) is 13.7. The van der Waals surface area contributed by atoms with E-state index in [1.807, 2.05) is 0 Å². The Kier molecular flexibility index (Phi) is 11.3. The van der Waals surface area contributed by atoms with Gasteiger partial charge in [0.25, 0.3) is 5.91 Å². The van der Waals surface area contributed by atoms with Gasteiger partial charge in [0.15, 0.2) is 0 Å². The van der Waals surface area contributed by atoms with E-state index in [4.69, 9.17) is 9.84 Å². The second-order valence-electron chi connectivity index (χ2n) is 8.69. The summed E-state index contributed by atoms with van der Waals surface area (Å²) in [5, 5.41) is 25.1. The van der Waals surface area contributed by atoms with E-state index < -0.39 is 59.9 Å². The van der Waals surface area contributed by atoms with Crippen molar-refractivity contribution >= 4 is 41.5 Å². The number of anilines is 1. The predicted molar refractivity (Wildman–Crippen MR) is 125 cm³/mol. The van der Waals surface area contributed by atoms with Crippen LogP contribution in [0, 0.1) is 0 Å². The van der Waals surface area contributed by atoms with Crippen LogP contribution < -0.4 is 16.0 Å². The van der Waals surface area contributed by atoms with Crippen molar-refractivity contribution in [1.82, 2.24) is 10.6 Å². The number of aliphatic carboxylic acids is 2. The lowest BCUT2D eigenvalue weighted by Crippen LogP contribution is -2.44. The van der Waals surface area contributed by atoms with Crippen LogP contribution in [-0.2, 0) is 28.7 Å². The van der Waals surface area contributed by atoms with Crippen LogP contribution in [0.2, 0.25) is 0 Å². The first kappa shape index (κ1) is 29.9. The number of methoxy groups -OCH3 is 1. The molecule has 0 heterocycles. The van der Waals surface area contributed by atoms with Gasteiger partial charge in [-0.15, -0.1) is 0 Å². The van der Waals surface area contributed by atoms with Gasteiger partial charge in [-0.1, -0.05) is 6.07 Å². The van der Waals surface area contributed by atoms with Crippen LogP contribution in [0.15, 0.2) is 24.3 Å². The molecule has 1 aromatic rings. The first-order valence-corrected chi connectivity index (χ1v) is 10.9. The van der Waals surface area contributed by atoms with E-state index in [1.165, 1.54) is 24.3 Å². The monoisotopic (exact) mass is 509 g/mol. The third kappa shape index (κ3) is 11.3. The van der Waals surface area contributed by atoms with Crippen molar-refractivity contribution in [3.8, 4) is 0 Å². The van der Waals surface area contributed by atoms with E-state index in [1.54, 1.807) is 20.8 Å². The number of carboxylic acids is 2. The third-order valence-electron chi connectivity index (χ3n) is 4.50. The first-order valence-electron chi connectivity index (χ1n) is 10.9. The number of nitrogens with one attached hydrogen (secondary N) is 3. The zero-order valence-electron chi connectivity index (χ0n) is 20.5. The molecule has 2 atom stereocenters. The molecule has 0 radical (unpaired) electrons. The smallest absolute Gasteiger partial charge is 0.408 e. The Morgan fingerprint density at radius 3 is 2.14 bits per heavy atom. The van der Waals surface area contributed by atoms with Crippen LogP contribution in [-0.4, -0.2) is 70.8 Å². The molecule has 5 N–H and O–H groups in total. The van der Waals surface area contributed by atoms with Gasteiger partial charge in [0.1, 0.15) is 17.7 Å². The molecular weight excluding hydrogens is 478 g/mol. The molecule has 0 saturated heterocycles. The molecule has 13 heteroatoms. The van der Waals surface area contributed by atoms with E-state index in [2.05, 4.69) is 20.7 Å². The maximum Gasteiger partial charge on any atom is 0.408 e. The summed E-state index contributed by atoms with van der Waals surface area (Å²) in [5.74, 6) is -4.64. The van der Waals surface area contributed by atoms with Gasteiger partial charge in [-0.05, 0) is 51.8 Å². The van der Waals surface area contributed by atoms with Crippen LogP contribution in [0.5, 0.6) is 0 Å². The maximum atomic E-state index is 12.4. The summed E-state index contributed by atoms with van der Waals surface area (Å²) in [5.41, 5.74) is -0.534. The third-order valence-corrected chi connectivity index (χ3v) is 4.50. The lowest BCUT2D eigenvalue weighted by molar-refractivity contribution is -0.143. The summed E-state index contributed by atoms with van der Waals surface area (Å²) in [6.45, 7) is 4.96. The zero-order valence-corrected chi connectivity index (χ0v) is 20.5. The Bertz CT molecular complexity index is 987. The quantitative estimate of drug-likeness (QED) is 0.257. The van der Waals surface area contributed by atoms with Crippen LogP contribution in [0.25, 0.3) is 0 Å². The highest BCUT2D eigenvalue weighted by atomic mass is 16.6. The topological polar surface area (TPSA) is 197 Å². The molecule has 3 amide bonds. The average molecular weight is 510 g/mol. The number of hydrogen-bond acceptors (Lipinski definition) is 8. The van der Waals surface area contributed by atoms with Crippen molar-refractivity contribution in [2.75, 3.05) is 12.4 Å². The number of alkyl carbamates (subject to hydrolysis) is 1. The molecule has 198 valence electrons. The maximum absolute atomic E-state index is 12.4. The summed E-state index contributed by atoms with van der Waals surface area (Å²) >= 11 is 0. The number of carbonyl (C=O) groups excluding carboxylic acids is 4. The first-order chi connectivity index (χ1) is 16.7. The fourth-order valence-corrected chi connectivity index (χ4v) is 2.84. The highest BCUT2D eigenvalue weighted by Crippen LogP contribution is 2.13. The molecular formula is C23H31N3O10. The number of esters is 1. The molecule has 0 aliphatic heterocycles. The Morgan fingerprint density at radius 2 is 1.58 bits per heavy atom. The molecule has 0 unspecified atom stereocenters. The van der Waals surface area contributed by atoms with Crippen LogP contribution in [0.1, 0.15) is 56.8 Å². The minimum Gasteiger partial charge on any atom is -0.481 e. The highest BCUT2D eigenvalue weighted by molar-refractivity contribution is 5.99. The summed E-state index contributed by atoms with van der Waals surface area (Å²) in [7, 11) is 1.14. The summed E-state index contributed by atoms with van der Waals surface area (Å²) < 4.78 is 9.76. The number of rotatable bonds is 12. The Balaban J connectivity index is 2.76. The van der Waals surface area contributed by atoms with Crippen LogP contribution >= 0.6 is 0 Å². The molecule has 0 spiro atoms. The van der Waals surface area contributed by atoms with Crippen molar-refractivity contribution < 1.29 is 48.5 Å². The van der Waals surface area contributed by atoms with Gasteiger partial charge < -0.3 is 35.6 Å². The summed E-state index contributed by atoms with van der Waals surface area (Å²) in [4.78, 5) is 70.8. The SMILES string of the molecule is COC(=O)[C@H](CCC(=O)Nc1cccc(C(=O)N[C@@H](CCC(=O)O)C(=O)O)c1)NC(=O)OC(C)(C)C. The Labute approximate surface area is 207 Å². The molecule has 0 fully saturated rings. The molecule has 36 heavy (non-hydrogen) atoms. The molecule has 0 aromatic heterocycles. The van der Waals surface area contributed by atoms with Crippen LogP contribution in [0.4, 0.5) is 10.5 Å². The summed E-state index contributed by atoms with van der Waals surface area (Å²) in [6, 6.07) is 3.11. The van der Waals surface area contributed by atoms with E-state index in [9.17, 15) is 33.9 Å². The average Bonchev–Trinajstić information content (AvgIpc) is 2.77. The van der Waals surface area contributed by atoms with E-state index in [-0.39, 0.29) is 30.5 Å². The number of amides is 3. The predicted octanol–water partition coefficient (Wildman–Crippen LogP) is 1.52. The largest absolute Gasteiger partial charge is 0.481 e. The highest BCUT2D eigenvalue weighted by Gasteiger charge is 2.26. The summed E-state index contributed by atoms with van der Waals surface area (Å²) in [6.07, 6.45) is -1.88. The lowest BCUT2D eigenvalue weighted by Gasteiger charge is -2.22. The van der Waals surface area contributed by atoms with Crippen molar-refractivity contribution in [3.63, 3.8) is 0 Å². The molecule has 0 saturated carbocycles. The van der Waals surface area contributed by atoms with Gasteiger partial charge in [0.05, 0.1) is 7.11 Å². The van der Waals surface area contributed by atoms with Crippen molar-refractivity contribution in [1.29, 1.82) is 0 Å². The normalized spacial score (nSPS) is 12.4. The van der Waals surface area contributed by atoms with Gasteiger partial charge in [-0.3, -0.25) is 14.4 Å². The van der Waals surface area contributed by atoms with E-state index in [0.29, 0.717) is 0 Å². The van der Waals surface area contributed by atoms with Gasteiger partial charge in [-0.25, -0.2) is 14.4 Å². The van der Waals surface area contributed by atoms with Crippen LogP contribution in [0.3, 0.4) is 0 Å². The molecule has 0 aliphatic carbocycles. The fourth-order valence-electron chi connectivity index (χ4n) is 2.84. The molecule has 13 nitrogen and oxygen atoms in total. The van der Waals surface area contributed by atoms with Crippen molar-refractivity contribution in [2.24, 2.45) is 0 Å². The number of ether oxygens (including phenoxy) is 2. The number of hydrogen-bond donors (Lipinski definition) is 5. The molecule has 1 aromatic carbocycles. The fraction of sp³-hybridized carbons (Fsp3) is 0.478. The van der Waals surface area contributed by atoms with Crippen molar-refractivity contribution in [3.05, 3.63) is 29.8 Å². The molecule has 0 bridgehead atoms. The standard InChI is InChI=1S/C23H31N3O10/c1-23(2,3)36-22(34)26-16(21(33)35-4)8-10-17(27)24-14-7-5-6-13(12-14)19(30)25-15(20(31)32)9-11-18(28)29/h5-7,12,15-16H,8-11H2,1-4H3,(H,24,27)(H,25,30)(H,26,34)(H,28,29)(H,31,32)/t15-,16-/m0/s1. The number of benzene rings is 1. The minimum absolute atomic E-state index is 0.0356. The van der Waals surface area contributed by atoms with E-state index in [0.717, 1.165) is 7.11 Å². The number of carboxylic acid groups (broad SMARTS) is 2. The number of carbonyl (C=O) groups is 6. The molecule has 0 aliphatic rings. The van der Waals surface area contributed by atoms with Gasteiger partial charge in [0.2, 0.25) is 5.91 Å². The molecule has 1 rings (SSSR count). The minimum atomic E-state index is -1.40. The van der Waals surface area contributed by atoms with Crippen molar-refractivity contribution in [2.45, 2.75) is 64.1 Å².